The van der Waals surface area contributed by atoms with E-state index in [9.17, 15) is 9.59 Å². The molecule has 128 valence electrons. The summed E-state index contributed by atoms with van der Waals surface area (Å²) in [6.45, 7) is 2.56. The van der Waals surface area contributed by atoms with Crippen LogP contribution in [0.3, 0.4) is 0 Å². The molecule has 0 unspecified atom stereocenters. The van der Waals surface area contributed by atoms with Crippen LogP contribution in [0.15, 0.2) is 53.4 Å². The smallest absolute Gasteiger partial charge is 0.248 e. The first-order valence-electron chi connectivity index (χ1n) is 7.92. The van der Waals surface area contributed by atoms with Gasteiger partial charge in [-0.1, -0.05) is 12.1 Å². The average molecular weight is 354 g/mol. The minimum absolute atomic E-state index is 0.0311. The van der Waals surface area contributed by atoms with E-state index in [1.165, 1.54) is 17.8 Å². The van der Waals surface area contributed by atoms with Crippen LogP contribution in [0.25, 0.3) is 6.08 Å². The van der Waals surface area contributed by atoms with Crippen molar-refractivity contribution in [2.45, 2.75) is 11.8 Å². The monoisotopic (exact) mass is 354 g/mol. The molecular weight excluding hydrogens is 336 g/mol. The molecule has 2 N–H and O–H groups in total. The molecular formula is C19H18N2O3S. The quantitative estimate of drug-likeness (QED) is 0.802. The predicted molar refractivity (Wildman–Crippen MR) is 101 cm³/mol. The number of thioether (sulfide) groups is 1. The molecule has 6 heteroatoms. The molecule has 0 aliphatic carbocycles. The van der Waals surface area contributed by atoms with E-state index in [4.69, 9.17) is 4.74 Å². The summed E-state index contributed by atoms with van der Waals surface area (Å²) in [5.41, 5.74) is 2.28. The van der Waals surface area contributed by atoms with Gasteiger partial charge in [-0.15, -0.1) is 11.8 Å². The maximum Gasteiger partial charge on any atom is 0.248 e. The highest BCUT2D eigenvalue weighted by molar-refractivity contribution is 8.00. The predicted octanol–water partition coefficient (Wildman–Crippen LogP) is 3.78. The van der Waals surface area contributed by atoms with Crippen molar-refractivity contribution in [3.8, 4) is 5.75 Å². The van der Waals surface area contributed by atoms with Gasteiger partial charge in [-0.2, -0.15) is 0 Å². The highest BCUT2D eigenvalue weighted by atomic mass is 32.2. The van der Waals surface area contributed by atoms with E-state index in [1.807, 2.05) is 43.3 Å². The zero-order valence-electron chi connectivity index (χ0n) is 13.7. The largest absolute Gasteiger partial charge is 0.494 e. The molecule has 0 saturated heterocycles. The second-order valence-electron chi connectivity index (χ2n) is 5.37. The lowest BCUT2D eigenvalue weighted by Crippen LogP contribution is -2.19. The standard InChI is InChI=1S/C19H18N2O3S/c1-2-24-15-7-3-13(4-8-15)5-10-18(22)20-14-6-9-17-16(11-14)21-19(23)12-25-17/h3-11H,2,12H2,1H3,(H,20,22)(H,21,23)/b10-5+. The van der Waals surface area contributed by atoms with Crippen molar-refractivity contribution in [1.82, 2.24) is 0 Å². The van der Waals surface area contributed by atoms with Crippen LogP contribution in [-0.2, 0) is 9.59 Å². The molecule has 3 rings (SSSR count). The summed E-state index contributed by atoms with van der Waals surface area (Å²) in [4.78, 5) is 24.5. The van der Waals surface area contributed by atoms with Crippen LogP contribution in [0.5, 0.6) is 5.75 Å². The number of amides is 2. The molecule has 25 heavy (non-hydrogen) atoms. The van der Waals surface area contributed by atoms with E-state index in [-0.39, 0.29) is 11.8 Å². The fourth-order valence-corrected chi connectivity index (χ4v) is 3.15. The second-order valence-corrected chi connectivity index (χ2v) is 6.39. The van der Waals surface area contributed by atoms with E-state index in [0.29, 0.717) is 18.0 Å². The Morgan fingerprint density at radius 1 is 1.28 bits per heavy atom. The molecule has 0 aromatic heterocycles. The van der Waals surface area contributed by atoms with Crippen LogP contribution in [0.4, 0.5) is 11.4 Å². The van der Waals surface area contributed by atoms with E-state index >= 15 is 0 Å². The van der Waals surface area contributed by atoms with Gasteiger partial charge in [0.15, 0.2) is 0 Å². The highest BCUT2D eigenvalue weighted by Crippen LogP contribution is 2.33. The zero-order valence-corrected chi connectivity index (χ0v) is 14.6. The summed E-state index contributed by atoms with van der Waals surface area (Å²) >= 11 is 1.49. The van der Waals surface area contributed by atoms with Crippen LogP contribution in [0.2, 0.25) is 0 Å². The molecule has 0 fully saturated rings. The number of benzene rings is 2. The molecule has 2 amide bonds. The normalized spacial score (nSPS) is 13.2. The Labute approximate surface area is 150 Å². The molecule has 5 nitrogen and oxygen atoms in total. The highest BCUT2D eigenvalue weighted by Gasteiger charge is 2.15. The van der Waals surface area contributed by atoms with Crippen LogP contribution in [-0.4, -0.2) is 24.2 Å². The average Bonchev–Trinajstić information content (AvgIpc) is 2.61. The van der Waals surface area contributed by atoms with Crippen LogP contribution >= 0.6 is 11.8 Å². The van der Waals surface area contributed by atoms with E-state index < -0.39 is 0 Å². The number of nitrogens with one attached hydrogen (secondary N) is 2. The number of hydrogen-bond donors (Lipinski definition) is 2. The van der Waals surface area contributed by atoms with Crippen molar-refractivity contribution in [3.63, 3.8) is 0 Å². The Bertz CT molecular complexity index is 816. The van der Waals surface area contributed by atoms with Gasteiger partial charge >= 0.3 is 0 Å². The molecule has 2 aromatic carbocycles. The third-order valence-electron chi connectivity index (χ3n) is 3.50. The van der Waals surface area contributed by atoms with Gasteiger partial charge in [0.2, 0.25) is 11.8 Å². The third-order valence-corrected chi connectivity index (χ3v) is 4.57. The summed E-state index contributed by atoms with van der Waals surface area (Å²) < 4.78 is 5.38. The first-order chi connectivity index (χ1) is 12.1. The van der Waals surface area contributed by atoms with E-state index in [2.05, 4.69) is 10.6 Å². The van der Waals surface area contributed by atoms with Gasteiger partial charge in [-0.3, -0.25) is 9.59 Å². The zero-order chi connectivity index (χ0) is 17.6. The van der Waals surface area contributed by atoms with Gasteiger partial charge in [0.05, 0.1) is 18.0 Å². The lowest BCUT2D eigenvalue weighted by molar-refractivity contribution is -0.114. The van der Waals surface area contributed by atoms with Gasteiger partial charge in [0.25, 0.3) is 0 Å². The van der Waals surface area contributed by atoms with Crippen LogP contribution in [0.1, 0.15) is 12.5 Å². The molecule has 0 bridgehead atoms. The van der Waals surface area contributed by atoms with E-state index in [1.54, 1.807) is 12.1 Å². The van der Waals surface area contributed by atoms with Gasteiger partial charge in [0.1, 0.15) is 5.75 Å². The number of rotatable bonds is 5. The summed E-state index contributed by atoms with van der Waals surface area (Å²) in [6.07, 6.45) is 3.21. The molecule has 2 aromatic rings. The Hall–Kier alpha value is -2.73. The molecule has 1 heterocycles. The van der Waals surface area contributed by atoms with Crippen molar-refractivity contribution >= 4 is 41.0 Å². The maximum atomic E-state index is 12.1. The first kappa shape index (κ1) is 17.1. The van der Waals surface area contributed by atoms with Gasteiger partial charge in [-0.05, 0) is 48.9 Å². The van der Waals surface area contributed by atoms with Crippen LogP contribution < -0.4 is 15.4 Å². The van der Waals surface area contributed by atoms with Gasteiger partial charge in [-0.25, -0.2) is 0 Å². The van der Waals surface area contributed by atoms with Crippen molar-refractivity contribution in [1.29, 1.82) is 0 Å². The Morgan fingerprint density at radius 3 is 2.84 bits per heavy atom. The maximum absolute atomic E-state index is 12.1. The topological polar surface area (TPSA) is 67.4 Å². The summed E-state index contributed by atoms with van der Waals surface area (Å²) in [6, 6.07) is 13.0. The minimum atomic E-state index is -0.233. The molecule has 0 saturated carbocycles. The minimum Gasteiger partial charge on any atom is -0.494 e. The summed E-state index contributed by atoms with van der Waals surface area (Å²) in [5.74, 6) is 0.960. The lowest BCUT2D eigenvalue weighted by Gasteiger charge is -2.17. The van der Waals surface area contributed by atoms with Crippen molar-refractivity contribution in [2.24, 2.45) is 0 Å². The number of carbonyl (C=O) groups excluding carboxylic acids is 2. The fraction of sp³-hybridized carbons (Fsp3) is 0.158. The van der Waals surface area contributed by atoms with Gasteiger partial charge < -0.3 is 15.4 Å². The van der Waals surface area contributed by atoms with Crippen molar-refractivity contribution < 1.29 is 14.3 Å². The first-order valence-corrected chi connectivity index (χ1v) is 8.91. The summed E-state index contributed by atoms with van der Waals surface area (Å²) in [7, 11) is 0. The van der Waals surface area contributed by atoms with Gasteiger partial charge in [0, 0.05) is 16.7 Å². The van der Waals surface area contributed by atoms with Crippen molar-refractivity contribution in [2.75, 3.05) is 23.0 Å². The Kier molecular flexibility index (Phi) is 5.40. The number of ether oxygens (including phenoxy) is 1. The second kappa shape index (κ2) is 7.90. The Morgan fingerprint density at radius 2 is 2.08 bits per heavy atom. The fourth-order valence-electron chi connectivity index (χ4n) is 2.36. The van der Waals surface area contributed by atoms with E-state index in [0.717, 1.165) is 21.9 Å². The number of hydrogen-bond acceptors (Lipinski definition) is 4. The number of fused-ring (bicyclic) bond motifs is 1. The molecule has 1 aliphatic heterocycles. The van der Waals surface area contributed by atoms with Crippen LogP contribution in [0, 0.1) is 0 Å². The number of carbonyl (C=O) groups is 2. The SMILES string of the molecule is CCOc1ccc(/C=C/C(=O)Nc2ccc3c(c2)NC(=O)CS3)cc1. The molecule has 0 atom stereocenters. The third kappa shape index (κ3) is 4.64. The summed E-state index contributed by atoms with van der Waals surface area (Å²) in [5, 5.41) is 5.60. The molecule has 0 spiro atoms. The van der Waals surface area contributed by atoms with Crippen molar-refractivity contribution in [3.05, 3.63) is 54.1 Å². The lowest BCUT2D eigenvalue weighted by atomic mass is 10.2. The molecule has 0 radical (unpaired) electrons. The molecule has 1 aliphatic rings. The number of anilines is 2. The Balaban J connectivity index is 1.62.